The minimum absolute atomic E-state index is 0.0283. The summed E-state index contributed by atoms with van der Waals surface area (Å²) in [7, 11) is -1.18. The summed E-state index contributed by atoms with van der Waals surface area (Å²) in [6.45, 7) is 8.75. The first-order chi connectivity index (χ1) is 14.2. The van der Waals surface area contributed by atoms with Crippen molar-refractivity contribution in [2.45, 2.75) is 51.3 Å². The molecular formula is C20H29N5O4Si. The van der Waals surface area contributed by atoms with E-state index in [-0.39, 0.29) is 17.7 Å². The molecule has 10 heteroatoms. The van der Waals surface area contributed by atoms with Gasteiger partial charge in [0.1, 0.15) is 24.5 Å². The number of anilines is 1. The van der Waals surface area contributed by atoms with Crippen LogP contribution in [0.4, 0.5) is 10.6 Å². The van der Waals surface area contributed by atoms with E-state index in [2.05, 4.69) is 34.9 Å². The van der Waals surface area contributed by atoms with Gasteiger partial charge in [0.05, 0.1) is 11.4 Å². The number of amides is 1. The molecule has 2 aliphatic rings. The van der Waals surface area contributed by atoms with Gasteiger partial charge < -0.3 is 24.6 Å². The number of rotatable bonds is 9. The maximum Gasteiger partial charge on any atom is 0.407 e. The van der Waals surface area contributed by atoms with Crippen molar-refractivity contribution in [3.05, 3.63) is 18.1 Å². The van der Waals surface area contributed by atoms with E-state index in [0.717, 1.165) is 18.9 Å². The van der Waals surface area contributed by atoms with Crippen LogP contribution in [0.25, 0.3) is 11.0 Å². The van der Waals surface area contributed by atoms with Crippen LogP contribution < -0.4 is 5.32 Å². The molecule has 1 saturated heterocycles. The Labute approximate surface area is 176 Å². The van der Waals surface area contributed by atoms with Gasteiger partial charge in [-0.2, -0.15) is 0 Å². The number of hydrogen-bond acceptors (Lipinski definition) is 6. The van der Waals surface area contributed by atoms with E-state index in [0.29, 0.717) is 48.8 Å². The summed E-state index contributed by atoms with van der Waals surface area (Å²) in [5.41, 5.74) is 1.29. The third-order valence-electron chi connectivity index (χ3n) is 5.59. The molecule has 162 valence electrons. The largest absolute Gasteiger partial charge is 0.465 e. The molecule has 0 spiro atoms. The molecule has 9 nitrogen and oxygen atoms in total. The molecule has 1 aliphatic heterocycles. The van der Waals surface area contributed by atoms with Gasteiger partial charge >= 0.3 is 6.09 Å². The molecule has 2 aromatic heterocycles. The van der Waals surface area contributed by atoms with Gasteiger partial charge in [-0.05, 0) is 18.9 Å². The fourth-order valence-corrected chi connectivity index (χ4v) is 4.30. The Kier molecular flexibility index (Phi) is 5.54. The molecule has 1 aliphatic carbocycles. The van der Waals surface area contributed by atoms with Crippen molar-refractivity contribution in [3.8, 4) is 0 Å². The maximum atomic E-state index is 12.9. The number of ketones is 1. The van der Waals surface area contributed by atoms with E-state index in [9.17, 15) is 9.59 Å². The van der Waals surface area contributed by atoms with Crippen LogP contribution in [0.1, 0.15) is 23.2 Å². The molecule has 30 heavy (non-hydrogen) atoms. The molecule has 1 saturated carbocycles. The van der Waals surface area contributed by atoms with Gasteiger partial charge in [0.15, 0.2) is 5.78 Å². The van der Waals surface area contributed by atoms with Crippen molar-refractivity contribution >= 4 is 36.8 Å². The predicted octanol–water partition coefficient (Wildman–Crippen LogP) is 3.11. The van der Waals surface area contributed by atoms with Crippen molar-refractivity contribution in [3.63, 3.8) is 0 Å². The number of carboxylic acid groups (broad SMARTS) is 1. The van der Waals surface area contributed by atoms with Crippen molar-refractivity contribution in [2.24, 2.45) is 5.92 Å². The lowest BCUT2D eigenvalue weighted by Gasteiger charge is -2.37. The summed E-state index contributed by atoms with van der Waals surface area (Å²) in [4.78, 5) is 34.1. The van der Waals surface area contributed by atoms with Crippen LogP contribution in [-0.2, 0) is 11.5 Å². The molecule has 0 atom stereocenters. The highest BCUT2D eigenvalue weighted by Gasteiger charge is 2.35. The Morgan fingerprint density at radius 2 is 2.00 bits per heavy atom. The van der Waals surface area contributed by atoms with Crippen LogP contribution >= 0.6 is 0 Å². The number of fused-ring (bicyclic) bond motifs is 1. The van der Waals surface area contributed by atoms with E-state index in [4.69, 9.17) is 9.84 Å². The van der Waals surface area contributed by atoms with Crippen LogP contribution in [0.2, 0.25) is 25.7 Å². The van der Waals surface area contributed by atoms with Gasteiger partial charge in [-0.1, -0.05) is 19.6 Å². The summed E-state index contributed by atoms with van der Waals surface area (Å²) in [6.07, 6.45) is 4.23. The standard InChI is InChI=1S/C20H29N5O4Si/c1-30(2,3)7-6-29-12-25-10-15(17(26)13-4-5-13)16-18(21-11-22-19(16)25)23-14-8-24(9-14)20(27)28/h10-11,13-14H,4-9,12H2,1-3H3,(H,27,28)(H,21,22,23). The Balaban J connectivity index is 1.57. The monoisotopic (exact) mass is 431 g/mol. The fraction of sp³-hybridized carbons (Fsp3) is 0.600. The molecular weight excluding hydrogens is 402 g/mol. The van der Waals surface area contributed by atoms with Crippen LogP contribution in [0.5, 0.6) is 0 Å². The zero-order valence-corrected chi connectivity index (χ0v) is 18.7. The van der Waals surface area contributed by atoms with Crippen molar-refractivity contribution in [1.29, 1.82) is 0 Å². The minimum atomic E-state index is -1.18. The molecule has 0 radical (unpaired) electrons. The second-order valence-corrected chi connectivity index (χ2v) is 15.1. The number of aromatic nitrogens is 3. The number of carbonyl (C=O) groups is 2. The SMILES string of the molecule is C[Si](C)(C)CCOCn1cc(C(=O)C2CC2)c2c(NC3CN(C(=O)O)C3)ncnc21. The summed E-state index contributed by atoms with van der Waals surface area (Å²) >= 11 is 0. The van der Waals surface area contributed by atoms with E-state index in [1.165, 1.54) is 11.2 Å². The molecule has 2 N–H and O–H groups in total. The second-order valence-electron chi connectivity index (χ2n) is 9.45. The average Bonchev–Trinajstić information content (AvgIpc) is 3.42. The number of likely N-dealkylation sites (tertiary alicyclic amines) is 1. The van der Waals surface area contributed by atoms with E-state index < -0.39 is 14.2 Å². The molecule has 0 aromatic carbocycles. The summed E-state index contributed by atoms with van der Waals surface area (Å²) in [5.74, 6) is 0.787. The predicted molar refractivity (Wildman–Crippen MR) is 116 cm³/mol. The van der Waals surface area contributed by atoms with Crippen LogP contribution in [0.3, 0.4) is 0 Å². The first-order valence-electron chi connectivity index (χ1n) is 10.4. The van der Waals surface area contributed by atoms with Crippen molar-refractivity contribution in [2.75, 3.05) is 25.0 Å². The highest BCUT2D eigenvalue weighted by molar-refractivity contribution is 6.76. The third-order valence-corrected chi connectivity index (χ3v) is 7.29. The number of carbonyl (C=O) groups excluding carboxylic acids is 1. The second kappa shape index (κ2) is 7.99. The van der Waals surface area contributed by atoms with Gasteiger partial charge in [0.2, 0.25) is 0 Å². The molecule has 0 bridgehead atoms. The normalized spacial score (nSPS) is 17.2. The zero-order chi connectivity index (χ0) is 21.5. The van der Waals surface area contributed by atoms with Crippen molar-refractivity contribution < 1.29 is 19.4 Å². The number of Topliss-reactive ketones (excluding diaryl/α,β-unsaturated/α-hetero) is 1. The average molecular weight is 432 g/mol. The topological polar surface area (TPSA) is 110 Å². The fourth-order valence-electron chi connectivity index (χ4n) is 3.54. The maximum absolute atomic E-state index is 12.9. The first kappa shape index (κ1) is 20.8. The van der Waals surface area contributed by atoms with Gasteiger partial charge in [0, 0.05) is 45.4 Å². The van der Waals surface area contributed by atoms with Gasteiger partial charge in [-0.3, -0.25) is 4.79 Å². The Bertz CT molecular complexity index is 960. The highest BCUT2D eigenvalue weighted by atomic mass is 28.3. The number of nitrogens with one attached hydrogen (secondary N) is 1. The van der Waals surface area contributed by atoms with E-state index in [1.54, 1.807) is 0 Å². The molecule has 0 unspecified atom stereocenters. The first-order valence-corrected chi connectivity index (χ1v) is 14.1. The number of ether oxygens (including phenoxy) is 1. The Morgan fingerprint density at radius 1 is 1.27 bits per heavy atom. The number of nitrogens with zero attached hydrogens (tertiary/aromatic N) is 4. The quantitative estimate of drug-likeness (QED) is 0.357. The Hall–Kier alpha value is -2.46. The van der Waals surface area contributed by atoms with Crippen LogP contribution in [0.15, 0.2) is 12.5 Å². The molecule has 4 rings (SSSR count). The van der Waals surface area contributed by atoms with Gasteiger partial charge in [0.25, 0.3) is 0 Å². The zero-order valence-electron chi connectivity index (χ0n) is 17.7. The molecule has 2 fully saturated rings. The molecule has 2 aromatic rings. The van der Waals surface area contributed by atoms with Crippen molar-refractivity contribution in [1.82, 2.24) is 19.4 Å². The minimum Gasteiger partial charge on any atom is -0.465 e. The molecule has 1 amide bonds. The highest BCUT2D eigenvalue weighted by Crippen LogP contribution is 2.37. The third kappa shape index (κ3) is 4.49. The lowest BCUT2D eigenvalue weighted by atomic mass is 10.1. The van der Waals surface area contributed by atoms with Crippen LogP contribution in [-0.4, -0.2) is 70.2 Å². The van der Waals surface area contributed by atoms with E-state index >= 15 is 0 Å². The van der Waals surface area contributed by atoms with Gasteiger partial charge in [-0.15, -0.1) is 0 Å². The lowest BCUT2D eigenvalue weighted by Crippen LogP contribution is -2.56. The lowest BCUT2D eigenvalue weighted by molar-refractivity contribution is 0.0893. The smallest absolute Gasteiger partial charge is 0.407 e. The molecule has 3 heterocycles. The Morgan fingerprint density at radius 3 is 2.63 bits per heavy atom. The number of hydrogen-bond donors (Lipinski definition) is 2. The van der Waals surface area contributed by atoms with Crippen LogP contribution in [0, 0.1) is 5.92 Å². The van der Waals surface area contributed by atoms with Gasteiger partial charge in [-0.25, -0.2) is 14.8 Å². The van der Waals surface area contributed by atoms with E-state index in [1.807, 2.05) is 10.8 Å². The summed E-state index contributed by atoms with van der Waals surface area (Å²) in [6, 6.07) is 1.04. The summed E-state index contributed by atoms with van der Waals surface area (Å²) in [5, 5.41) is 13.1. The summed E-state index contributed by atoms with van der Waals surface area (Å²) < 4.78 is 7.78.